The van der Waals surface area contributed by atoms with Gasteiger partial charge >= 0.3 is 6.09 Å². The van der Waals surface area contributed by atoms with E-state index in [2.05, 4.69) is 12.2 Å². The maximum absolute atomic E-state index is 11.9. The van der Waals surface area contributed by atoms with E-state index in [1.54, 1.807) is 0 Å². The standard InChI is InChI=1S/C18H25NO2/c1-5-6-7-11-14-16(15-12-9-8-10-13-15)21-17(20)19-18(2,3)4/h6-14,16H,5H2,1-4H3,(H,19,20). The summed E-state index contributed by atoms with van der Waals surface area (Å²) in [7, 11) is 0. The molecule has 3 nitrogen and oxygen atoms in total. The zero-order valence-corrected chi connectivity index (χ0v) is 13.3. The zero-order chi connectivity index (χ0) is 15.7. The van der Waals surface area contributed by atoms with Gasteiger partial charge in [-0.3, -0.25) is 0 Å². The molecule has 1 rings (SSSR count). The zero-order valence-electron chi connectivity index (χ0n) is 13.3. The van der Waals surface area contributed by atoms with Crippen molar-refractivity contribution in [3.05, 3.63) is 60.2 Å². The third-order valence-electron chi connectivity index (χ3n) is 2.61. The number of nitrogens with one attached hydrogen (secondary N) is 1. The largest absolute Gasteiger partial charge is 0.437 e. The van der Waals surface area contributed by atoms with Crippen LogP contribution in [0.25, 0.3) is 0 Å². The molecule has 3 heteroatoms. The number of allylic oxidation sites excluding steroid dienone is 3. The minimum absolute atomic E-state index is 0.315. The lowest BCUT2D eigenvalue weighted by Crippen LogP contribution is -2.41. The fourth-order valence-electron chi connectivity index (χ4n) is 1.69. The first-order valence-electron chi connectivity index (χ1n) is 7.29. The first-order chi connectivity index (χ1) is 9.92. The summed E-state index contributed by atoms with van der Waals surface area (Å²) in [4.78, 5) is 11.9. The lowest BCUT2D eigenvalue weighted by atomic mass is 10.1. The number of amides is 1. The van der Waals surface area contributed by atoms with Gasteiger partial charge in [-0.25, -0.2) is 4.79 Å². The van der Waals surface area contributed by atoms with Crippen LogP contribution in [0.3, 0.4) is 0 Å². The number of benzene rings is 1. The Labute approximate surface area is 127 Å². The van der Waals surface area contributed by atoms with Crippen LogP contribution in [0.15, 0.2) is 54.6 Å². The summed E-state index contributed by atoms with van der Waals surface area (Å²) in [6.45, 7) is 7.84. The predicted octanol–water partition coefficient (Wildman–Crippen LogP) is 4.77. The lowest BCUT2D eigenvalue weighted by molar-refractivity contribution is 0.112. The molecule has 1 N–H and O–H groups in total. The van der Waals surface area contributed by atoms with Gasteiger partial charge in [-0.1, -0.05) is 55.5 Å². The van der Waals surface area contributed by atoms with E-state index in [9.17, 15) is 4.79 Å². The van der Waals surface area contributed by atoms with Gasteiger partial charge in [0.25, 0.3) is 0 Å². The van der Waals surface area contributed by atoms with Gasteiger partial charge < -0.3 is 10.1 Å². The average molecular weight is 287 g/mol. The van der Waals surface area contributed by atoms with E-state index in [-0.39, 0.29) is 5.54 Å². The van der Waals surface area contributed by atoms with Gasteiger partial charge in [0.2, 0.25) is 0 Å². The highest BCUT2D eigenvalue weighted by molar-refractivity contribution is 5.68. The van der Waals surface area contributed by atoms with Crippen LogP contribution < -0.4 is 5.32 Å². The van der Waals surface area contributed by atoms with Crippen LogP contribution in [-0.2, 0) is 4.74 Å². The second kappa shape index (κ2) is 8.30. The number of hydrogen-bond acceptors (Lipinski definition) is 2. The summed E-state index contributed by atoms with van der Waals surface area (Å²) in [5.41, 5.74) is 0.632. The van der Waals surface area contributed by atoms with Crippen molar-refractivity contribution >= 4 is 6.09 Å². The summed E-state index contributed by atoms with van der Waals surface area (Å²) in [5.74, 6) is 0. The van der Waals surface area contributed by atoms with Gasteiger partial charge in [0, 0.05) is 5.54 Å². The van der Waals surface area contributed by atoms with Crippen molar-refractivity contribution in [2.24, 2.45) is 0 Å². The normalized spacial score (nSPS) is 13.5. The highest BCUT2D eigenvalue weighted by Crippen LogP contribution is 2.19. The van der Waals surface area contributed by atoms with Gasteiger partial charge in [-0.05, 0) is 38.8 Å². The SMILES string of the molecule is CCC=CC=CC(OC(=O)NC(C)(C)C)c1ccccc1. The van der Waals surface area contributed by atoms with Crippen LogP contribution in [0.2, 0.25) is 0 Å². The maximum Gasteiger partial charge on any atom is 0.408 e. The van der Waals surface area contributed by atoms with E-state index in [0.717, 1.165) is 12.0 Å². The molecule has 0 aromatic heterocycles. The van der Waals surface area contributed by atoms with Crippen LogP contribution in [0.1, 0.15) is 45.8 Å². The fraction of sp³-hybridized carbons (Fsp3) is 0.389. The monoisotopic (exact) mass is 287 g/mol. The summed E-state index contributed by atoms with van der Waals surface area (Å²) < 4.78 is 5.52. The Morgan fingerprint density at radius 3 is 2.48 bits per heavy atom. The van der Waals surface area contributed by atoms with Crippen molar-refractivity contribution in [1.29, 1.82) is 0 Å². The molecule has 0 radical (unpaired) electrons. The molecular weight excluding hydrogens is 262 g/mol. The molecule has 1 aromatic rings. The van der Waals surface area contributed by atoms with E-state index in [1.807, 2.05) is 75.4 Å². The van der Waals surface area contributed by atoms with E-state index in [1.165, 1.54) is 0 Å². The Hall–Kier alpha value is -2.03. The first kappa shape index (κ1) is 17.0. The van der Waals surface area contributed by atoms with Crippen LogP contribution in [-0.4, -0.2) is 11.6 Å². The molecule has 1 aromatic carbocycles. The van der Waals surface area contributed by atoms with E-state index >= 15 is 0 Å². The average Bonchev–Trinajstić information content (AvgIpc) is 2.41. The summed E-state index contributed by atoms with van der Waals surface area (Å²) >= 11 is 0. The molecule has 0 aliphatic carbocycles. The Morgan fingerprint density at radius 1 is 1.24 bits per heavy atom. The van der Waals surface area contributed by atoms with Crippen LogP contribution in [0.4, 0.5) is 4.79 Å². The quantitative estimate of drug-likeness (QED) is 0.792. The second-order valence-electron chi connectivity index (χ2n) is 5.83. The summed E-state index contributed by atoms with van der Waals surface area (Å²) in [6, 6.07) is 9.70. The molecule has 1 amide bonds. The molecule has 1 atom stereocenters. The van der Waals surface area contributed by atoms with E-state index in [0.29, 0.717) is 0 Å². The Balaban J connectivity index is 2.80. The maximum atomic E-state index is 11.9. The minimum Gasteiger partial charge on any atom is -0.437 e. The number of carbonyl (C=O) groups excluding carboxylic acids is 1. The predicted molar refractivity (Wildman–Crippen MR) is 87.1 cm³/mol. The molecule has 1 unspecified atom stereocenters. The molecule has 0 bridgehead atoms. The van der Waals surface area contributed by atoms with Crippen molar-refractivity contribution in [1.82, 2.24) is 5.32 Å². The van der Waals surface area contributed by atoms with Crippen molar-refractivity contribution in [3.63, 3.8) is 0 Å². The van der Waals surface area contributed by atoms with Crippen LogP contribution >= 0.6 is 0 Å². The Kier molecular flexibility index (Phi) is 6.73. The number of alkyl carbamates (subject to hydrolysis) is 1. The third-order valence-corrected chi connectivity index (χ3v) is 2.61. The molecule has 0 saturated carbocycles. The molecule has 0 fully saturated rings. The van der Waals surface area contributed by atoms with E-state index < -0.39 is 12.2 Å². The Bertz CT molecular complexity index is 484. The van der Waals surface area contributed by atoms with Gasteiger partial charge in [0.15, 0.2) is 0 Å². The second-order valence-corrected chi connectivity index (χ2v) is 5.83. The van der Waals surface area contributed by atoms with Gasteiger partial charge in [-0.15, -0.1) is 0 Å². The first-order valence-corrected chi connectivity index (χ1v) is 7.29. The number of hydrogen-bond donors (Lipinski definition) is 1. The molecule has 0 spiro atoms. The minimum atomic E-state index is -0.416. The molecule has 0 aliphatic heterocycles. The number of ether oxygens (including phenoxy) is 1. The Morgan fingerprint density at radius 2 is 1.90 bits per heavy atom. The molecule has 0 saturated heterocycles. The van der Waals surface area contributed by atoms with Crippen LogP contribution in [0, 0.1) is 0 Å². The summed E-state index contributed by atoms with van der Waals surface area (Å²) in [5, 5.41) is 2.81. The molecule has 114 valence electrons. The van der Waals surface area contributed by atoms with Gasteiger partial charge in [0.05, 0.1) is 0 Å². The van der Waals surface area contributed by atoms with Crippen molar-refractivity contribution < 1.29 is 9.53 Å². The fourth-order valence-corrected chi connectivity index (χ4v) is 1.69. The highest BCUT2D eigenvalue weighted by Gasteiger charge is 2.18. The molecule has 0 heterocycles. The van der Waals surface area contributed by atoms with Crippen molar-refractivity contribution in [2.45, 2.75) is 45.8 Å². The topological polar surface area (TPSA) is 38.3 Å². The van der Waals surface area contributed by atoms with Crippen molar-refractivity contribution in [2.75, 3.05) is 0 Å². The number of rotatable bonds is 5. The lowest BCUT2D eigenvalue weighted by Gasteiger charge is -2.22. The molecular formula is C18H25NO2. The molecule has 0 aliphatic rings. The number of carbonyl (C=O) groups is 1. The van der Waals surface area contributed by atoms with Crippen molar-refractivity contribution in [3.8, 4) is 0 Å². The highest BCUT2D eigenvalue weighted by atomic mass is 16.6. The van der Waals surface area contributed by atoms with Crippen LogP contribution in [0.5, 0.6) is 0 Å². The summed E-state index contributed by atoms with van der Waals surface area (Å²) in [6.07, 6.45) is 7.96. The smallest absolute Gasteiger partial charge is 0.408 e. The van der Waals surface area contributed by atoms with Gasteiger partial charge in [0.1, 0.15) is 6.10 Å². The molecule has 21 heavy (non-hydrogen) atoms. The third kappa shape index (κ3) is 7.35. The van der Waals surface area contributed by atoms with Gasteiger partial charge in [-0.2, -0.15) is 0 Å². The van der Waals surface area contributed by atoms with E-state index in [4.69, 9.17) is 4.74 Å².